The molecule has 0 aromatic carbocycles. The summed E-state index contributed by atoms with van der Waals surface area (Å²) in [4.78, 5) is 0. The standard InChI is InChI=1S/C4H10N.H2O4S/c1-5(2)3-4-5;1-5(2,3)4/h3-4H2,1-2H3;(H2,1,2,3,4)/q+1;/p-1. The maximum Gasteiger partial charge on any atom is 0.215 e. The summed E-state index contributed by atoms with van der Waals surface area (Å²) in [5.41, 5.74) is 0. The monoisotopic (exact) mass is 169 g/mol. The number of hydrogen-bond donors (Lipinski definition) is 1. The van der Waals surface area contributed by atoms with Crippen LogP contribution >= 0.6 is 0 Å². The van der Waals surface area contributed by atoms with Crippen molar-refractivity contribution in [2.45, 2.75) is 0 Å². The summed E-state index contributed by atoms with van der Waals surface area (Å²) in [5, 5.41) is 0. The molecule has 0 unspecified atom stereocenters. The molecule has 10 heavy (non-hydrogen) atoms. The first-order valence-corrected chi connectivity index (χ1v) is 4.07. The number of likely N-dealkylation sites (N-methyl/N-ethyl adjacent to an activating group) is 1. The largest absolute Gasteiger partial charge is 0.726 e. The van der Waals surface area contributed by atoms with Crippen LogP contribution in [0.4, 0.5) is 0 Å². The van der Waals surface area contributed by atoms with Gasteiger partial charge in [0.15, 0.2) is 0 Å². The summed E-state index contributed by atoms with van der Waals surface area (Å²) >= 11 is 0. The highest BCUT2D eigenvalue weighted by atomic mass is 32.3. The molecule has 1 rings (SSSR count). The lowest BCUT2D eigenvalue weighted by Gasteiger charge is -1.95. The Bertz CT molecular complexity index is 181. The summed E-state index contributed by atoms with van der Waals surface area (Å²) in [6.45, 7) is 2.78. The van der Waals surface area contributed by atoms with E-state index in [0.717, 1.165) is 0 Å². The molecular formula is C4H11NO4S. The van der Waals surface area contributed by atoms with Gasteiger partial charge < -0.3 is 9.04 Å². The molecule has 0 radical (unpaired) electrons. The molecule has 0 aliphatic carbocycles. The predicted molar refractivity (Wildman–Crippen MR) is 34.2 cm³/mol. The fourth-order valence-corrected chi connectivity index (χ4v) is 0.200. The van der Waals surface area contributed by atoms with Gasteiger partial charge in [-0.3, -0.25) is 4.55 Å². The first kappa shape index (κ1) is 9.83. The Morgan fingerprint density at radius 3 is 1.50 bits per heavy atom. The Labute approximate surface area is 60.4 Å². The van der Waals surface area contributed by atoms with Crippen LogP contribution in [0.2, 0.25) is 0 Å². The number of nitrogens with zero attached hydrogens (tertiary/aromatic N) is 1. The highest BCUT2D eigenvalue weighted by molar-refractivity contribution is 7.79. The van der Waals surface area contributed by atoms with Gasteiger partial charge in [-0.25, -0.2) is 8.42 Å². The van der Waals surface area contributed by atoms with Crippen molar-refractivity contribution in [3.8, 4) is 0 Å². The van der Waals surface area contributed by atoms with Crippen LogP contribution in [-0.4, -0.2) is 49.2 Å². The van der Waals surface area contributed by atoms with E-state index in [0.29, 0.717) is 0 Å². The second-order valence-electron chi connectivity index (χ2n) is 2.81. The van der Waals surface area contributed by atoms with Gasteiger partial charge in [-0.05, 0) is 0 Å². The molecule has 0 atom stereocenters. The second kappa shape index (κ2) is 2.83. The summed E-state index contributed by atoms with van der Waals surface area (Å²) < 4.78 is 34.1. The molecule has 0 aromatic rings. The number of rotatable bonds is 0. The van der Waals surface area contributed by atoms with E-state index in [2.05, 4.69) is 14.1 Å². The lowest BCUT2D eigenvalue weighted by atomic mass is 11.0. The van der Waals surface area contributed by atoms with E-state index < -0.39 is 10.4 Å². The van der Waals surface area contributed by atoms with Gasteiger partial charge in [-0.15, -0.1) is 0 Å². The zero-order valence-corrected chi connectivity index (χ0v) is 6.76. The van der Waals surface area contributed by atoms with Crippen molar-refractivity contribution in [2.24, 2.45) is 0 Å². The molecule has 0 saturated carbocycles. The van der Waals surface area contributed by atoms with E-state index in [-0.39, 0.29) is 0 Å². The van der Waals surface area contributed by atoms with E-state index in [1.807, 2.05) is 0 Å². The van der Waals surface area contributed by atoms with Gasteiger partial charge in [-0.1, -0.05) is 0 Å². The van der Waals surface area contributed by atoms with Crippen LogP contribution in [0.15, 0.2) is 0 Å². The van der Waals surface area contributed by atoms with Crippen molar-refractivity contribution in [2.75, 3.05) is 27.2 Å². The second-order valence-corrected chi connectivity index (χ2v) is 3.67. The molecule has 1 N–H and O–H groups in total. The van der Waals surface area contributed by atoms with Crippen LogP contribution in [0.25, 0.3) is 0 Å². The van der Waals surface area contributed by atoms with Crippen molar-refractivity contribution in [1.82, 2.24) is 0 Å². The third kappa shape index (κ3) is 15.7. The van der Waals surface area contributed by atoms with Gasteiger partial charge in [0.2, 0.25) is 10.4 Å². The van der Waals surface area contributed by atoms with Crippen molar-refractivity contribution < 1.29 is 22.0 Å². The average molecular weight is 169 g/mol. The lowest BCUT2D eigenvalue weighted by molar-refractivity contribution is -0.753. The maximum absolute atomic E-state index is 8.63. The normalized spacial score (nSPS) is 20.8. The van der Waals surface area contributed by atoms with Gasteiger partial charge in [0.05, 0.1) is 14.1 Å². The molecule has 0 amide bonds. The highest BCUT2D eigenvalue weighted by Gasteiger charge is 2.30. The molecule has 1 aliphatic heterocycles. The molecular weight excluding hydrogens is 158 g/mol. The number of quaternary nitrogens is 1. The number of hydrogen-bond acceptors (Lipinski definition) is 3. The van der Waals surface area contributed by atoms with Gasteiger partial charge in [0.25, 0.3) is 0 Å². The molecule has 1 fully saturated rings. The Kier molecular flexibility index (Phi) is 2.78. The van der Waals surface area contributed by atoms with E-state index in [1.54, 1.807) is 0 Å². The molecule has 0 bridgehead atoms. The minimum Gasteiger partial charge on any atom is -0.726 e. The summed E-state index contributed by atoms with van der Waals surface area (Å²) in [6.07, 6.45) is 0. The third-order valence-electron chi connectivity index (χ3n) is 1.12. The Hall–Kier alpha value is -0.170. The van der Waals surface area contributed by atoms with E-state index in [4.69, 9.17) is 17.5 Å². The fourth-order valence-electron chi connectivity index (χ4n) is 0.200. The van der Waals surface area contributed by atoms with Crippen LogP contribution in [0, 0.1) is 0 Å². The van der Waals surface area contributed by atoms with Gasteiger partial charge >= 0.3 is 0 Å². The Balaban J connectivity index is 0.000000162. The van der Waals surface area contributed by atoms with Crippen LogP contribution in [0.3, 0.4) is 0 Å². The average Bonchev–Trinajstić information content (AvgIpc) is 2.11. The summed E-state index contributed by atoms with van der Waals surface area (Å²) in [5.74, 6) is 0. The van der Waals surface area contributed by atoms with E-state index in [9.17, 15) is 0 Å². The van der Waals surface area contributed by atoms with Crippen LogP contribution < -0.4 is 0 Å². The van der Waals surface area contributed by atoms with Crippen LogP contribution in [0.1, 0.15) is 0 Å². The molecule has 1 aliphatic rings. The first-order valence-electron chi connectivity index (χ1n) is 2.71. The molecule has 6 heteroatoms. The maximum atomic E-state index is 8.63. The van der Waals surface area contributed by atoms with E-state index in [1.165, 1.54) is 17.6 Å². The smallest absolute Gasteiger partial charge is 0.215 e. The van der Waals surface area contributed by atoms with Crippen molar-refractivity contribution in [3.05, 3.63) is 0 Å². The van der Waals surface area contributed by atoms with Gasteiger partial charge in [0.1, 0.15) is 13.1 Å². The third-order valence-corrected chi connectivity index (χ3v) is 1.12. The van der Waals surface area contributed by atoms with Crippen molar-refractivity contribution in [3.63, 3.8) is 0 Å². The lowest BCUT2D eigenvalue weighted by Crippen LogP contribution is -2.09. The van der Waals surface area contributed by atoms with E-state index >= 15 is 0 Å². The molecule has 0 spiro atoms. The minimum absolute atomic E-state index is 1.25. The highest BCUT2D eigenvalue weighted by Crippen LogP contribution is 2.09. The molecule has 1 heterocycles. The Morgan fingerprint density at radius 1 is 1.40 bits per heavy atom. The minimum atomic E-state index is -4.92. The summed E-state index contributed by atoms with van der Waals surface area (Å²) in [7, 11) is -0.444. The zero-order valence-electron chi connectivity index (χ0n) is 5.94. The fraction of sp³-hybridized carbons (Fsp3) is 1.00. The quantitative estimate of drug-likeness (QED) is 0.220. The van der Waals surface area contributed by atoms with Crippen LogP contribution in [-0.2, 0) is 10.4 Å². The zero-order chi connectivity index (χ0) is 8.41. The summed E-state index contributed by atoms with van der Waals surface area (Å²) in [6, 6.07) is 0. The predicted octanol–water partition coefficient (Wildman–Crippen LogP) is -0.919. The van der Waals surface area contributed by atoms with Crippen molar-refractivity contribution in [1.29, 1.82) is 0 Å². The first-order chi connectivity index (χ1) is 4.21. The van der Waals surface area contributed by atoms with Crippen molar-refractivity contribution >= 4 is 10.4 Å². The molecule has 1 saturated heterocycles. The molecule has 62 valence electrons. The SMILES string of the molecule is C[N+]1(C)CC1.O=S(=O)([O-])O. The molecule has 0 aromatic heterocycles. The van der Waals surface area contributed by atoms with Gasteiger partial charge in [0, 0.05) is 0 Å². The Morgan fingerprint density at radius 2 is 1.50 bits per heavy atom. The topological polar surface area (TPSA) is 77.4 Å². The van der Waals surface area contributed by atoms with Gasteiger partial charge in [-0.2, -0.15) is 0 Å². The van der Waals surface area contributed by atoms with Crippen LogP contribution in [0.5, 0.6) is 0 Å². The molecule has 5 nitrogen and oxygen atoms in total.